The Bertz CT molecular complexity index is 1100. The van der Waals surface area contributed by atoms with E-state index >= 15 is 0 Å². The van der Waals surface area contributed by atoms with Crippen LogP contribution in [0.3, 0.4) is 0 Å². The van der Waals surface area contributed by atoms with Crippen molar-refractivity contribution in [2.24, 2.45) is 0 Å². The molecule has 0 radical (unpaired) electrons. The second-order valence-electron chi connectivity index (χ2n) is 5.59. The van der Waals surface area contributed by atoms with Gasteiger partial charge in [-0.1, -0.05) is 24.3 Å². The molecular weight excluding hydrogens is 404 g/mol. The highest BCUT2D eigenvalue weighted by molar-refractivity contribution is 7.99. The fourth-order valence-corrected chi connectivity index (χ4v) is 5.10. The molecule has 1 aromatic carbocycles. The van der Waals surface area contributed by atoms with Crippen molar-refractivity contribution in [2.45, 2.75) is 18.1 Å². The van der Waals surface area contributed by atoms with E-state index in [0.29, 0.717) is 34.0 Å². The largest absolute Gasteiger partial charge is 0.469 e. The number of benzene rings is 1. The molecule has 0 saturated heterocycles. The lowest BCUT2D eigenvalue weighted by Gasteiger charge is -2.08. The van der Waals surface area contributed by atoms with Gasteiger partial charge in [0.15, 0.2) is 4.21 Å². The van der Waals surface area contributed by atoms with Crippen LogP contribution in [-0.2, 0) is 10.0 Å². The highest BCUT2D eigenvalue weighted by atomic mass is 32.2. The molecule has 2 N–H and O–H groups in total. The number of sulfonamides is 1. The van der Waals surface area contributed by atoms with E-state index in [4.69, 9.17) is 4.74 Å². The molecule has 0 spiro atoms. The predicted molar refractivity (Wildman–Crippen MR) is 109 cm³/mol. The first-order valence-electron chi connectivity index (χ1n) is 8.16. The van der Waals surface area contributed by atoms with Crippen molar-refractivity contribution in [3.8, 4) is 11.3 Å². The maximum Gasteiger partial charge on any atom is 0.274 e. The van der Waals surface area contributed by atoms with Crippen molar-refractivity contribution < 1.29 is 13.2 Å². The van der Waals surface area contributed by atoms with Crippen LogP contribution in [0.4, 0.5) is 5.69 Å². The quantitative estimate of drug-likeness (QED) is 0.536. The molecule has 10 heteroatoms. The lowest BCUT2D eigenvalue weighted by Crippen LogP contribution is -2.12. The molecule has 0 aliphatic rings. The number of anilines is 1. The molecule has 0 bridgehead atoms. The third-order valence-electron chi connectivity index (χ3n) is 3.79. The van der Waals surface area contributed by atoms with Gasteiger partial charge in [0.2, 0.25) is 0 Å². The van der Waals surface area contributed by atoms with Crippen molar-refractivity contribution >= 4 is 49.7 Å². The summed E-state index contributed by atoms with van der Waals surface area (Å²) in [6.45, 7) is 4.42. The van der Waals surface area contributed by atoms with Crippen molar-refractivity contribution in [3.63, 3.8) is 0 Å². The monoisotopic (exact) mass is 422 g/mol. The van der Waals surface area contributed by atoms with Gasteiger partial charge in [-0.2, -0.15) is 17.0 Å². The van der Waals surface area contributed by atoms with E-state index in [1.54, 1.807) is 30.1 Å². The van der Waals surface area contributed by atoms with E-state index in [1.807, 2.05) is 6.92 Å². The molecule has 7 nitrogen and oxygen atoms in total. The number of rotatable bonds is 8. The smallest absolute Gasteiger partial charge is 0.274 e. The summed E-state index contributed by atoms with van der Waals surface area (Å²) in [7, 11) is -3.81. The standard InChI is InChI=1S/C17H18N4O3S3/c1-3-25-7-6-24-17-20-10-14(26-17)27(22,23)21-13-5-4-11(2)15-12(8-18)9-19-16(13)15/h4-5,9-10,19,21H,3,6-7H2,1-2H3. The number of nitrogens with one attached hydrogen (secondary N) is 2. The van der Waals surface area contributed by atoms with Crippen LogP contribution < -0.4 is 9.46 Å². The lowest BCUT2D eigenvalue weighted by molar-refractivity contribution is 0.342. The maximum atomic E-state index is 12.7. The number of thiazole rings is 1. The van der Waals surface area contributed by atoms with E-state index in [2.05, 4.69) is 27.7 Å². The van der Waals surface area contributed by atoms with E-state index < -0.39 is 10.0 Å². The summed E-state index contributed by atoms with van der Waals surface area (Å²) in [6.07, 6.45) is 2.86. The normalized spacial score (nSPS) is 11.4. The molecule has 0 saturated carbocycles. The molecule has 0 atom stereocenters. The van der Waals surface area contributed by atoms with E-state index in [0.717, 1.165) is 28.4 Å². The highest BCUT2D eigenvalue weighted by Crippen LogP contribution is 2.32. The average molecular weight is 423 g/mol. The number of aromatic amines is 1. The first-order valence-corrected chi connectivity index (χ1v) is 11.6. The molecule has 142 valence electrons. The van der Waals surface area contributed by atoms with Crippen LogP contribution >= 0.6 is 23.1 Å². The zero-order valence-electron chi connectivity index (χ0n) is 14.8. The second-order valence-corrected chi connectivity index (χ2v) is 9.89. The zero-order chi connectivity index (χ0) is 19.4. The summed E-state index contributed by atoms with van der Waals surface area (Å²) in [5.74, 6) is 1.83. The average Bonchev–Trinajstić information content (AvgIpc) is 3.29. The van der Waals surface area contributed by atoms with Crippen molar-refractivity contribution in [3.05, 3.63) is 35.7 Å². The Kier molecular flexibility index (Phi) is 5.94. The van der Waals surface area contributed by atoms with Crippen molar-refractivity contribution in [1.29, 1.82) is 5.26 Å². The highest BCUT2D eigenvalue weighted by Gasteiger charge is 2.21. The first-order chi connectivity index (χ1) is 13.0. The van der Waals surface area contributed by atoms with E-state index in [1.165, 1.54) is 6.20 Å². The van der Waals surface area contributed by atoms with Gasteiger partial charge in [0.05, 0.1) is 29.6 Å². The Morgan fingerprint density at radius 2 is 2.26 bits per heavy atom. The van der Waals surface area contributed by atoms with Gasteiger partial charge in [-0.15, -0.1) is 0 Å². The minimum Gasteiger partial charge on any atom is -0.469 e. The Balaban J connectivity index is 1.82. The van der Waals surface area contributed by atoms with Gasteiger partial charge in [-0.25, -0.2) is 13.4 Å². The SMILES string of the molecule is CCSCCOc1ncc(S(=O)(=O)Nc2ccc(C)c3c(C#N)c[nH]c23)s1. The number of nitriles is 1. The van der Waals surface area contributed by atoms with Crippen molar-refractivity contribution in [1.82, 2.24) is 9.97 Å². The predicted octanol–water partition coefficient (Wildman–Crippen LogP) is 3.74. The van der Waals surface area contributed by atoms with Gasteiger partial charge in [0.1, 0.15) is 6.07 Å². The topological polar surface area (TPSA) is 108 Å². The molecule has 0 amide bonds. The number of aryl methyl sites for hydroxylation is 1. The van der Waals surface area contributed by atoms with Crippen LogP contribution in [0.5, 0.6) is 5.19 Å². The van der Waals surface area contributed by atoms with Crippen LogP contribution in [-0.4, -0.2) is 36.5 Å². The van der Waals surface area contributed by atoms with Gasteiger partial charge in [-0.05, 0) is 24.3 Å². The molecule has 3 rings (SSSR count). The van der Waals surface area contributed by atoms with Crippen LogP contribution in [0.2, 0.25) is 0 Å². The van der Waals surface area contributed by atoms with Gasteiger partial charge < -0.3 is 9.72 Å². The minimum atomic E-state index is -3.81. The number of ether oxygens (including phenoxy) is 1. The maximum absolute atomic E-state index is 12.7. The fourth-order valence-electron chi connectivity index (χ4n) is 2.56. The summed E-state index contributed by atoms with van der Waals surface area (Å²) in [5, 5.41) is 10.3. The molecule has 0 unspecified atom stereocenters. The summed E-state index contributed by atoms with van der Waals surface area (Å²) >= 11 is 2.72. The van der Waals surface area contributed by atoms with Crippen LogP contribution in [0, 0.1) is 18.3 Å². The lowest BCUT2D eigenvalue weighted by atomic mass is 10.1. The first kappa shape index (κ1) is 19.5. The third kappa shape index (κ3) is 4.21. The zero-order valence-corrected chi connectivity index (χ0v) is 17.2. The van der Waals surface area contributed by atoms with Gasteiger partial charge in [-0.3, -0.25) is 4.72 Å². The van der Waals surface area contributed by atoms with Gasteiger partial charge in [0.25, 0.3) is 15.2 Å². The fraction of sp³-hybridized carbons (Fsp3) is 0.294. The molecule has 0 fully saturated rings. The second kappa shape index (κ2) is 8.21. The molecule has 0 aliphatic heterocycles. The summed E-state index contributed by atoms with van der Waals surface area (Å²) in [6, 6.07) is 5.56. The molecule has 2 aromatic heterocycles. The van der Waals surface area contributed by atoms with E-state index in [-0.39, 0.29) is 4.21 Å². The number of hydrogen-bond acceptors (Lipinski definition) is 7. The number of aromatic nitrogens is 2. The summed E-state index contributed by atoms with van der Waals surface area (Å²) < 4.78 is 33.6. The third-order valence-corrected chi connectivity index (χ3v) is 7.39. The Morgan fingerprint density at radius 1 is 1.44 bits per heavy atom. The van der Waals surface area contributed by atoms with E-state index in [9.17, 15) is 13.7 Å². The Labute approximate surface area is 165 Å². The minimum absolute atomic E-state index is 0.0708. The van der Waals surface area contributed by atoms with Gasteiger partial charge in [0, 0.05) is 17.3 Å². The van der Waals surface area contributed by atoms with Gasteiger partial charge >= 0.3 is 0 Å². The number of fused-ring (bicyclic) bond motifs is 1. The molecular formula is C17H18N4O3S3. The molecule has 0 aliphatic carbocycles. The molecule has 2 heterocycles. The summed E-state index contributed by atoms with van der Waals surface area (Å²) in [4.78, 5) is 7.01. The number of hydrogen-bond donors (Lipinski definition) is 2. The Hall–Kier alpha value is -2.22. The number of thioether (sulfide) groups is 1. The van der Waals surface area contributed by atoms with Crippen molar-refractivity contribution in [2.75, 3.05) is 22.8 Å². The van der Waals surface area contributed by atoms with Crippen LogP contribution in [0.15, 0.2) is 28.7 Å². The molecule has 27 heavy (non-hydrogen) atoms. The molecule has 3 aromatic rings. The van der Waals surface area contributed by atoms with Crippen LogP contribution in [0.1, 0.15) is 18.1 Å². The number of H-pyrrole nitrogens is 1. The Morgan fingerprint density at radius 3 is 3.00 bits per heavy atom. The number of nitrogens with zero attached hydrogens (tertiary/aromatic N) is 2. The summed E-state index contributed by atoms with van der Waals surface area (Å²) in [5.41, 5.74) is 2.33. The van der Waals surface area contributed by atoms with Crippen LogP contribution in [0.25, 0.3) is 10.9 Å².